The highest BCUT2D eigenvalue weighted by Crippen LogP contribution is 2.39. The largest absolute Gasteiger partial charge is 0.316 e. The van der Waals surface area contributed by atoms with E-state index >= 15 is 0 Å². The van der Waals surface area contributed by atoms with Crippen molar-refractivity contribution in [2.24, 2.45) is 5.41 Å². The maximum atomic E-state index is 3.59. The van der Waals surface area contributed by atoms with Crippen LogP contribution in [0.2, 0.25) is 0 Å². The molecule has 0 aromatic rings. The number of unbranched alkanes of at least 4 members (excludes halogenated alkanes) is 3. The predicted molar refractivity (Wildman–Crippen MR) is 59.0 cm³/mol. The van der Waals surface area contributed by atoms with Crippen molar-refractivity contribution >= 4 is 0 Å². The van der Waals surface area contributed by atoms with Gasteiger partial charge in [0.25, 0.3) is 0 Å². The molecule has 0 amide bonds. The van der Waals surface area contributed by atoms with Crippen molar-refractivity contribution in [2.75, 3.05) is 13.1 Å². The van der Waals surface area contributed by atoms with Crippen molar-refractivity contribution in [1.29, 1.82) is 0 Å². The number of rotatable bonds is 7. The lowest BCUT2D eigenvalue weighted by atomic mass is 9.70. The minimum atomic E-state index is 0.657. The smallest absolute Gasteiger partial charge is 0.000516 e. The molecule has 0 unspecified atom stereocenters. The molecule has 0 aromatic carbocycles. The lowest BCUT2D eigenvalue weighted by Crippen LogP contribution is -2.37. The molecular weight excluding hydrogens is 158 g/mol. The first-order valence-electron chi connectivity index (χ1n) is 5.97. The predicted octanol–water partition coefficient (Wildman–Crippen LogP) is 3.35. The van der Waals surface area contributed by atoms with Crippen LogP contribution >= 0.6 is 0 Å². The van der Waals surface area contributed by atoms with Crippen LogP contribution < -0.4 is 5.32 Å². The van der Waals surface area contributed by atoms with E-state index in [-0.39, 0.29) is 0 Å². The molecule has 1 saturated carbocycles. The van der Waals surface area contributed by atoms with Gasteiger partial charge in [0.05, 0.1) is 0 Å². The molecule has 0 spiro atoms. The normalized spacial score (nSPS) is 19.8. The fraction of sp³-hybridized carbons (Fsp3) is 1.00. The van der Waals surface area contributed by atoms with Gasteiger partial charge in [-0.05, 0) is 31.2 Å². The molecule has 0 atom stereocenters. The molecule has 78 valence electrons. The Morgan fingerprint density at radius 2 is 1.92 bits per heavy atom. The van der Waals surface area contributed by atoms with Gasteiger partial charge in [0.1, 0.15) is 0 Å². The molecule has 1 fully saturated rings. The van der Waals surface area contributed by atoms with Crippen LogP contribution in [0.4, 0.5) is 0 Å². The highest BCUT2D eigenvalue weighted by molar-refractivity contribution is 4.84. The molecule has 13 heavy (non-hydrogen) atoms. The first-order chi connectivity index (χ1) is 6.27. The highest BCUT2D eigenvalue weighted by Gasteiger charge is 2.30. The van der Waals surface area contributed by atoms with Crippen molar-refractivity contribution in [3.63, 3.8) is 0 Å². The maximum absolute atomic E-state index is 3.59. The van der Waals surface area contributed by atoms with E-state index in [0.717, 1.165) is 0 Å². The summed E-state index contributed by atoms with van der Waals surface area (Å²) in [6.07, 6.45) is 9.85. The van der Waals surface area contributed by atoms with Crippen LogP contribution in [0.25, 0.3) is 0 Å². The summed E-state index contributed by atoms with van der Waals surface area (Å²) in [6, 6.07) is 0. The van der Waals surface area contributed by atoms with Crippen LogP contribution in [0, 0.1) is 5.41 Å². The summed E-state index contributed by atoms with van der Waals surface area (Å²) in [4.78, 5) is 0. The van der Waals surface area contributed by atoms with Crippen LogP contribution in [-0.4, -0.2) is 13.1 Å². The topological polar surface area (TPSA) is 12.0 Å². The second-order valence-electron chi connectivity index (χ2n) is 4.90. The summed E-state index contributed by atoms with van der Waals surface area (Å²) in [6.45, 7) is 7.16. The molecule has 1 aliphatic rings. The number of hydrogen-bond acceptors (Lipinski definition) is 1. The fourth-order valence-corrected chi connectivity index (χ4v) is 2.02. The lowest BCUT2D eigenvalue weighted by Gasteiger charge is -2.38. The molecule has 1 nitrogen and oxygen atoms in total. The first-order valence-corrected chi connectivity index (χ1v) is 5.97. The van der Waals surface area contributed by atoms with Crippen molar-refractivity contribution < 1.29 is 0 Å². The van der Waals surface area contributed by atoms with Crippen LogP contribution in [0.5, 0.6) is 0 Å². The summed E-state index contributed by atoms with van der Waals surface area (Å²) in [5, 5.41) is 3.59. The molecule has 0 bridgehead atoms. The zero-order valence-electron chi connectivity index (χ0n) is 9.36. The molecule has 1 heteroatoms. The Kier molecular flexibility index (Phi) is 4.79. The van der Waals surface area contributed by atoms with Crippen molar-refractivity contribution in [3.05, 3.63) is 0 Å². The van der Waals surface area contributed by atoms with Gasteiger partial charge in [-0.3, -0.25) is 0 Å². The summed E-state index contributed by atoms with van der Waals surface area (Å²) in [5.74, 6) is 0. The van der Waals surface area contributed by atoms with Gasteiger partial charge in [-0.15, -0.1) is 0 Å². The summed E-state index contributed by atoms with van der Waals surface area (Å²) in [7, 11) is 0. The lowest BCUT2D eigenvalue weighted by molar-refractivity contribution is 0.157. The van der Waals surface area contributed by atoms with Crippen LogP contribution in [-0.2, 0) is 0 Å². The van der Waals surface area contributed by atoms with Crippen LogP contribution in [0.3, 0.4) is 0 Å². The quantitative estimate of drug-likeness (QED) is 0.597. The van der Waals surface area contributed by atoms with Crippen LogP contribution in [0.1, 0.15) is 58.8 Å². The van der Waals surface area contributed by atoms with E-state index in [1.54, 1.807) is 0 Å². The number of hydrogen-bond donors (Lipinski definition) is 1. The van der Waals surface area contributed by atoms with E-state index in [9.17, 15) is 0 Å². The van der Waals surface area contributed by atoms with Gasteiger partial charge in [-0.25, -0.2) is 0 Å². The van der Waals surface area contributed by atoms with Gasteiger partial charge in [0, 0.05) is 6.54 Å². The van der Waals surface area contributed by atoms with Gasteiger partial charge in [-0.1, -0.05) is 39.5 Å². The molecule has 0 aliphatic heterocycles. The van der Waals surface area contributed by atoms with Crippen molar-refractivity contribution in [2.45, 2.75) is 58.8 Å². The van der Waals surface area contributed by atoms with Gasteiger partial charge >= 0.3 is 0 Å². The van der Waals surface area contributed by atoms with Gasteiger partial charge in [0.15, 0.2) is 0 Å². The fourth-order valence-electron chi connectivity index (χ4n) is 2.02. The van der Waals surface area contributed by atoms with Gasteiger partial charge in [-0.2, -0.15) is 0 Å². The van der Waals surface area contributed by atoms with Crippen molar-refractivity contribution in [1.82, 2.24) is 5.32 Å². The zero-order valence-corrected chi connectivity index (χ0v) is 9.36. The highest BCUT2D eigenvalue weighted by atomic mass is 14.9. The molecule has 0 heterocycles. The molecule has 0 aromatic heterocycles. The van der Waals surface area contributed by atoms with Crippen LogP contribution in [0.15, 0.2) is 0 Å². The monoisotopic (exact) mass is 183 g/mol. The van der Waals surface area contributed by atoms with E-state index in [0.29, 0.717) is 5.41 Å². The molecule has 0 saturated heterocycles. The maximum Gasteiger partial charge on any atom is 0.000516 e. The third kappa shape index (κ3) is 4.12. The van der Waals surface area contributed by atoms with E-state index in [4.69, 9.17) is 0 Å². The van der Waals surface area contributed by atoms with Crippen molar-refractivity contribution in [3.8, 4) is 0 Å². The second-order valence-corrected chi connectivity index (χ2v) is 4.90. The third-order valence-corrected chi connectivity index (χ3v) is 3.32. The minimum Gasteiger partial charge on any atom is -0.316 e. The Hall–Kier alpha value is -0.0400. The second kappa shape index (κ2) is 5.64. The molecule has 0 radical (unpaired) electrons. The molecule has 1 aliphatic carbocycles. The van der Waals surface area contributed by atoms with Gasteiger partial charge in [0.2, 0.25) is 0 Å². The Bertz CT molecular complexity index is 127. The van der Waals surface area contributed by atoms with E-state index in [1.165, 1.54) is 58.0 Å². The standard InChI is InChI=1S/C12H25N/c1-3-4-5-6-10-13-11-12(2)8-7-9-12/h13H,3-11H2,1-2H3. The Labute approximate surface area is 83.3 Å². The van der Waals surface area contributed by atoms with E-state index in [2.05, 4.69) is 19.2 Å². The summed E-state index contributed by atoms with van der Waals surface area (Å²) < 4.78 is 0. The molecular formula is C12H25N. The Morgan fingerprint density at radius 1 is 1.15 bits per heavy atom. The molecule has 1 rings (SSSR count). The Balaban J connectivity index is 1.83. The summed E-state index contributed by atoms with van der Waals surface area (Å²) >= 11 is 0. The average molecular weight is 183 g/mol. The molecule has 1 N–H and O–H groups in total. The van der Waals surface area contributed by atoms with E-state index in [1.807, 2.05) is 0 Å². The van der Waals surface area contributed by atoms with Gasteiger partial charge < -0.3 is 5.32 Å². The van der Waals surface area contributed by atoms with E-state index < -0.39 is 0 Å². The third-order valence-electron chi connectivity index (χ3n) is 3.32. The minimum absolute atomic E-state index is 0.657. The zero-order chi connectivity index (χ0) is 9.57. The Morgan fingerprint density at radius 3 is 2.46 bits per heavy atom. The summed E-state index contributed by atoms with van der Waals surface area (Å²) in [5.41, 5.74) is 0.657. The number of nitrogens with one attached hydrogen (secondary N) is 1. The SMILES string of the molecule is CCCCCCNCC1(C)CCC1. The average Bonchev–Trinajstić information content (AvgIpc) is 2.08. The first kappa shape index (κ1) is 11.0.